The lowest BCUT2D eigenvalue weighted by molar-refractivity contribution is 0.178. The highest BCUT2D eigenvalue weighted by molar-refractivity contribution is 7.95. The van der Waals surface area contributed by atoms with E-state index in [9.17, 15) is 8.94 Å². The zero-order valence-electron chi connectivity index (χ0n) is 9.71. The Morgan fingerprint density at radius 1 is 1.44 bits per heavy atom. The maximum atomic E-state index is 13.2. The molecule has 0 spiro atoms. The van der Waals surface area contributed by atoms with Gasteiger partial charge in [-0.3, -0.25) is 0 Å². The molecule has 1 atom stereocenters. The first-order valence-corrected chi connectivity index (χ1v) is 7.45. The molecule has 0 aliphatic rings. The van der Waals surface area contributed by atoms with Crippen LogP contribution in [-0.4, -0.2) is 29.4 Å². The van der Waals surface area contributed by atoms with Crippen LogP contribution in [0.2, 0.25) is 0 Å². The predicted molar refractivity (Wildman–Crippen MR) is 67.9 cm³/mol. The third kappa shape index (κ3) is 9.46. The van der Waals surface area contributed by atoms with Crippen molar-refractivity contribution in [2.24, 2.45) is 0 Å². The first-order valence-electron chi connectivity index (χ1n) is 5.60. The number of hydrogen-bond donors (Lipinski definition) is 0. The highest BCUT2D eigenvalue weighted by Gasteiger charge is 2.12. The molecule has 0 rings (SSSR count). The Morgan fingerprint density at radius 3 is 2.81 bits per heavy atom. The van der Waals surface area contributed by atoms with Crippen LogP contribution in [0.1, 0.15) is 32.6 Å². The maximum Gasteiger partial charge on any atom is 0.298 e. The van der Waals surface area contributed by atoms with Crippen molar-refractivity contribution in [2.45, 2.75) is 32.6 Å². The summed E-state index contributed by atoms with van der Waals surface area (Å²) >= 11 is 3.89. The van der Waals surface area contributed by atoms with Crippen LogP contribution in [0.5, 0.6) is 0 Å². The molecule has 0 aliphatic heterocycles. The maximum absolute atomic E-state index is 13.2. The first-order chi connectivity index (χ1) is 7.72. The van der Waals surface area contributed by atoms with Gasteiger partial charge in [-0.25, -0.2) is 0 Å². The number of rotatable bonds is 10. The molecule has 16 heavy (non-hydrogen) atoms. The molecule has 0 radical (unpaired) electrons. The van der Waals surface area contributed by atoms with Crippen LogP contribution >= 0.6 is 11.6 Å². The number of ether oxygens (including phenoxy) is 1. The monoisotopic (exact) mass is 270 g/mol. The summed E-state index contributed by atoms with van der Waals surface area (Å²) in [6, 6.07) is 0. The Kier molecular flexibility index (Phi) is 11.9. The second-order valence-electron chi connectivity index (χ2n) is 3.38. The summed E-state index contributed by atoms with van der Waals surface area (Å²) < 4.78 is 29.5. The van der Waals surface area contributed by atoms with Gasteiger partial charge >= 0.3 is 0 Å². The van der Waals surface area contributed by atoms with E-state index in [1.165, 1.54) is 6.08 Å². The molecule has 0 bridgehead atoms. The Balaban J connectivity index is 3.58. The van der Waals surface area contributed by atoms with Crippen molar-refractivity contribution in [3.8, 4) is 0 Å². The zero-order valence-corrected chi connectivity index (χ0v) is 11.3. The van der Waals surface area contributed by atoms with E-state index in [1.54, 1.807) is 0 Å². The van der Waals surface area contributed by atoms with Crippen LogP contribution in [0.4, 0.5) is 4.39 Å². The molecule has 0 heterocycles. The van der Waals surface area contributed by atoms with E-state index in [1.807, 2.05) is 0 Å². The molecule has 5 heteroatoms. The van der Waals surface area contributed by atoms with E-state index in [-0.39, 0.29) is 6.61 Å². The molecule has 0 aromatic rings. The van der Waals surface area contributed by atoms with Gasteiger partial charge in [-0.15, -0.1) is 11.6 Å². The van der Waals surface area contributed by atoms with Crippen LogP contribution in [0.3, 0.4) is 0 Å². The number of hydrogen-bond acceptors (Lipinski definition) is 2. The summed E-state index contributed by atoms with van der Waals surface area (Å²) in [4.78, 5) is 0. The molecule has 0 N–H and O–H groups in total. The molecule has 0 aliphatic carbocycles. The SMILES string of the molecule is CCCCCC[S+]([O-])/C(F)=C/COCCCl. The van der Waals surface area contributed by atoms with Crippen molar-refractivity contribution in [2.75, 3.05) is 24.8 Å². The minimum absolute atomic E-state index is 0.138. The van der Waals surface area contributed by atoms with Crippen LogP contribution in [-0.2, 0) is 15.9 Å². The Bertz CT molecular complexity index is 191. The van der Waals surface area contributed by atoms with Crippen LogP contribution in [0.25, 0.3) is 0 Å². The minimum atomic E-state index is -1.49. The smallest absolute Gasteiger partial charge is 0.298 e. The van der Waals surface area contributed by atoms with Gasteiger partial charge in [-0.05, 0) is 12.8 Å². The standard InChI is InChI=1S/C11H20ClFO2S/c1-2-3-4-5-10-16(14)11(13)6-8-15-9-7-12/h6H,2-5,7-10H2,1H3/b11-6+. The lowest BCUT2D eigenvalue weighted by Crippen LogP contribution is -2.07. The molecule has 0 saturated carbocycles. The third-order valence-electron chi connectivity index (χ3n) is 1.98. The fourth-order valence-electron chi connectivity index (χ4n) is 1.11. The van der Waals surface area contributed by atoms with E-state index in [2.05, 4.69) is 6.92 Å². The fraction of sp³-hybridized carbons (Fsp3) is 0.818. The van der Waals surface area contributed by atoms with Crippen molar-refractivity contribution < 1.29 is 13.7 Å². The van der Waals surface area contributed by atoms with E-state index >= 15 is 0 Å². The van der Waals surface area contributed by atoms with Gasteiger partial charge in [0, 0.05) is 23.1 Å². The van der Waals surface area contributed by atoms with Crippen molar-refractivity contribution in [1.29, 1.82) is 0 Å². The topological polar surface area (TPSA) is 32.3 Å². The van der Waals surface area contributed by atoms with Gasteiger partial charge in [0.05, 0.1) is 13.2 Å². The van der Waals surface area contributed by atoms with Crippen molar-refractivity contribution in [1.82, 2.24) is 0 Å². The zero-order chi connectivity index (χ0) is 12.2. The van der Waals surface area contributed by atoms with Gasteiger partial charge < -0.3 is 9.29 Å². The van der Waals surface area contributed by atoms with Crippen LogP contribution in [0.15, 0.2) is 11.2 Å². The summed E-state index contributed by atoms with van der Waals surface area (Å²) in [6.07, 6.45) is 5.28. The Hall–Kier alpha value is 0.230. The molecule has 0 saturated heterocycles. The number of alkyl halides is 1. The Morgan fingerprint density at radius 2 is 2.19 bits per heavy atom. The summed E-state index contributed by atoms with van der Waals surface area (Å²) in [6.45, 7) is 2.62. The fourth-order valence-corrected chi connectivity index (χ4v) is 2.14. The lowest BCUT2D eigenvalue weighted by Gasteiger charge is -2.07. The van der Waals surface area contributed by atoms with Crippen molar-refractivity contribution >= 4 is 22.8 Å². The van der Waals surface area contributed by atoms with Gasteiger partial charge in [-0.2, -0.15) is 4.39 Å². The molecule has 0 amide bonds. The Labute approximate surface area is 105 Å². The van der Waals surface area contributed by atoms with Gasteiger partial charge in [0.1, 0.15) is 5.75 Å². The van der Waals surface area contributed by atoms with Gasteiger partial charge in [0.2, 0.25) is 0 Å². The molecule has 0 aromatic heterocycles. The van der Waals surface area contributed by atoms with Crippen molar-refractivity contribution in [3.05, 3.63) is 11.2 Å². The van der Waals surface area contributed by atoms with Gasteiger partial charge in [0.15, 0.2) is 0 Å². The summed E-state index contributed by atoms with van der Waals surface area (Å²) in [5.41, 5.74) is 0. The second kappa shape index (κ2) is 11.7. The molecule has 1 unspecified atom stereocenters. The highest BCUT2D eigenvalue weighted by atomic mass is 35.5. The first kappa shape index (κ1) is 16.2. The molecular formula is C11H20ClFO2S. The average Bonchev–Trinajstić information content (AvgIpc) is 2.29. The third-order valence-corrected chi connectivity index (χ3v) is 3.40. The summed E-state index contributed by atoms with van der Waals surface area (Å²) in [5.74, 6) is 0.785. The lowest BCUT2D eigenvalue weighted by atomic mass is 10.2. The van der Waals surface area contributed by atoms with Gasteiger partial charge in [-0.1, -0.05) is 19.8 Å². The van der Waals surface area contributed by atoms with E-state index in [0.717, 1.165) is 25.7 Å². The molecule has 2 nitrogen and oxygen atoms in total. The van der Waals surface area contributed by atoms with Gasteiger partial charge in [0.25, 0.3) is 5.16 Å². The normalized spacial score (nSPS) is 14.1. The number of unbranched alkanes of at least 4 members (excludes halogenated alkanes) is 3. The van der Waals surface area contributed by atoms with E-state index in [4.69, 9.17) is 16.3 Å². The van der Waals surface area contributed by atoms with E-state index in [0.29, 0.717) is 18.2 Å². The molecular weight excluding hydrogens is 251 g/mol. The second-order valence-corrected chi connectivity index (χ2v) is 5.25. The largest absolute Gasteiger partial charge is 0.610 e. The molecule has 0 aromatic carbocycles. The van der Waals surface area contributed by atoms with Crippen LogP contribution in [0, 0.1) is 0 Å². The molecule has 96 valence electrons. The van der Waals surface area contributed by atoms with Crippen LogP contribution < -0.4 is 0 Å². The minimum Gasteiger partial charge on any atom is -0.610 e. The van der Waals surface area contributed by atoms with E-state index < -0.39 is 16.3 Å². The average molecular weight is 271 g/mol. The summed E-state index contributed by atoms with van der Waals surface area (Å²) in [7, 11) is 0. The highest BCUT2D eigenvalue weighted by Crippen LogP contribution is 2.12. The predicted octanol–water partition coefficient (Wildman–Crippen LogP) is 3.38. The quantitative estimate of drug-likeness (QED) is 0.346. The molecule has 0 fully saturated rings. The van der Waals surface area contributed by atoms with Crippen molar-refractivity contribution in [3.63, 3.8) is 0 Å². The number of halogens is 2. The summed E-state index contributed by atoms with van der Waals surface area (Å²) in [5, 5.41) is -0.578.